The highest BCUT2D eigenvalue weighted by molar-refractivity contribution is 5.70. The summed E-state index contributed by atoms with van der Waals surface area (Å²) in [6, 6.07) is 8.65. The summed E-state index contributed by atoms with van der Waals surface area (Å²) in [6.07, 6.45) is -0.519. The van der Waals surface area contributed by atoms with Crippen LogP contribution >= 0.6 is 0 Å². The molecule has 0 aliphatic heterocycles. The zero-order chi connectivity index (χ0) is 14.5. The zero-order valence-electron chi connectivity index (χ0n) is 10.1. The maximum Gasteiger partial charge on any atom is 0.307 e. The lowest BCUT2D eigenvalue weighted by Crippen LogP contribution is -2.40. The molecular weight excluding hydrogens is 254 g/mol. The first kappa shape index (κ1) is 15.1. The summed E-state index contributed by atoms with van der Waals surface area (Å²) in [5.74, 6) is -4.95. The van der Waals surface area contributed by atoms with Gasteiger partial charge in [-0.2, -0.15) is 0 Å². The van der Waals surface area contributed by atoms with E-state index in [1.165, 1.54) is 0 Å². The molecule has 0 heterocycles. The van der Waals surface area contributed by atoms with Gasteiger partial charge in [-0.3, -0.25) is 14.9 Å². The van der Waals surface area contributed by atoms with Crippen molar-refractivity contribution in [2.24, 2.45) is 5.92 Å². The van der Waals surface area contributed by atoms with Crippen LogP contribution in [-0.4, -0.2) is 38.5 Å². The van der Waals surface area contributed by atoms with Gasteiger partial charge in [0, 0.05) is 11.3 Å². The van der Waals surface area contributed by atoms with Gasteiger partial charge in [-0.15, -0.1) is 0 Å². The Morgan fingerprint density at radius 2 is 1.89 bits per heavy atom. The second-order valence-corrected chi connectivity index (χ2v) is 4.40. The predicted octanol–water partition coefficient (Wildman–Crippen LogP) is 0.278. The number of benzene rings is 1. The van der Waals surface area contributed by atoms with Crippen molar-refractivity contribution in [2.45, 2.75) is 18.6 Å². The van der Waals surface area contributed by atoms with E-state index in [1.54, 1.807) is 30.3 Å². The van der Waals surface area contributed by atoms with Crippen molar-refractivity contribution in [1.82, 2.24) is 0 Å². The number of carbonyl (C=O) groups is 1. The molecule has 1 aromatic carbocycles. The fourth-order valence-corrected chi connectivity index (χ4v) is 1.81. The number of nitro groups is 1. The molecular formula is C12H15NO6. The van der Waals surface area contributed by atoms with Crippen molar-refractivity contribution in [2.75, 3.05) is 6.54 Å². The van der Waals surface area contributed by atoms with Gasteiger partial charge < -0.3 is 15.3 Å². The Labute approximate surface area is 109 Å². The van der Waals surface area contributed by atoms with E-state index in [0.29, 0.717) is 5.56 Å². The fourth-order valence-electron chi connectivity index (χ4n) is 1.81. The summed E-state index contributed by atoms with van der Waals surface area (Å²) in [6.45, 7) is -1.11. The number of aliphatic carboxylic acids is 1. The first-order valence-electron chi connectivity index (χ1n) is 5.63. The molecule has 0 saturated heterocycles. The van der Waals surface area contributed by atoms with Gasteiger partial charge in [-0.1, -0.05) is 30.3 Å². The zero-order valence-corrected chi connectivity index (χ0v) is 10.1. The maximum atomic E-state index is 11.1. The lowest BCUT2D eigenvalue weighted by molar-refractivity contribution is -0.518. The monoisotopic (exact) mass is 269 g/mol. The molecule has 0 aliphatic carbocycles. The summed E-state index contributed by atoms with van der Waals surface area (Å²) < 4.78 is 0. The summed E-state index contributed by atoms with van der Waals surface area (Å²) in [5, 5.41) is 38.2. The standard InChI is InChI=1S/C12H15NO6/c14-11(15)10(6-9-4-2-1-3-5-9)7-12(16,17)8-13(18)19/h1-5,10,16-17H,6-8H2,(H,14,15)/t10-/m1/s1. The first-order valence-corrected chi connectivity index (χ1v) is 5.63. The van der Waals surface area contributed by atoms with Gasteiger partial charge in [0.2, 0.25) is 5.79 Å². The molecule has 1 atom stereocenters. The number of nitrogens with zero attached hydrogens (tertiary/aromatic N) is 1. The van der Waals surface area contributed by atoms with Gasteiger partial charge in [0.1, 0.15) is 0 Å². The molecule has 0 fully saturated rings. The van der Waals surface area contributed by atoms with Gasteiger partial charge in [-0.05, 0) is 12.0 Å². The van der Waals surface area contributed by atoms with Crippen LogP contribution in [0.3, 0.4) is 0 Å². The number of carboxylic acid groups (broad SMARTS) is 1. The Morgan fingerprint density at radius 3 is 2.37 bits per heavy atom. The second-order valence-electron chi connectivity index (χ2n) is 4.40. The van der Waals surface area contributed by atoms with Crippen LogP contribution in [0.5, 0.6) is 0 Å². The van der Waals surface area contributed by atoms with Crippen LogP contribution in [0, 0.1) is 16.0 Å². The van der Waals surface area contributed by atoms with Crippen molar-refractivity contribution in [3.05, 3.63) is 46.0 Å². The van der Waals surface area contributed by atoms with Crippen LogP contribution in [0.15, 0.2) is 30.3 Å². The van der Waals surface area contributed by atoms with Crippen LogP contribution in [0.4, 0.5) is 0 Å². The highest BCUT2D eigenvalue weighted by Crippen LogP contribution is 2.20. The van der Waals surface area contributed by atoms with Crippen LogP contribution in [0.2, 0.25) is 0 Å². The molecule has 0 amide bonds. The van der Waals surface area contributed by atoms with E-state index < -0.39 is 35.6 Å². The third kappa shape index (κ3) is 5.45. The third-order valence-electron chi connectivity index (χ3n) is 2.63. The van der Waals surface area contributed by atoms with E-state index in [4.69, 9.17) is 5.11 Å². The van der Waals surface area contributed by atoms with Crippen molar-refractivity contribution < 1.29 is 25.0 Å². The summed E-state index contributed by atoms with van der Waals surface area (Å²) >= 11 is 0. The molecule has 0 saturated carbocycles. The Morgan fingerprint density at radius 1 is 1.32 bits per heavy atom. The van der Waals surface area contributed by atoms with Gasteiger partial charge in [-0.25, -0.2) is 0 Å². The van der Waals surface area contributed by atoms with Crippen molar-refractivity contribution in [3.63, 3.8) is 0 Å². The summed E-state index contributed by atoms with van der Waals surface area (Å²) in [7, 11) is 0. The minimum absolute atomic E-state index is 0.0801. The SMILES string of the molecule is O=C(O)[C@H](Cc1ccccc1)CC(O)(O)C[N+](=O)[O-]. The average molecular weight is 269 g/mol. The molecule has 0 aliphatic rings. The lowest BCUT2D eigenvalue weighted by Gasteiger charge is -2.21. The first-order chi connectivity index (χ1) is 8.80. The van der Waals surface area contributed by atoms with E-state index in [0.717, 1.165) is 0 Å². The van der Waals surface area contributed by atoms with Crippen LogP contribution in [0.1, 0.15) is 12.0 Å². The minimum atomic E-state index is -2.62. The van der Waals surface area contributed by atoms with Gasteiger partial charge >= 0.3 is 5.97 Å². The quantitative estimate of drug-likeness (QED) is 0.371. The molecule has 0 bridgehead atoms. The Bertz CT molecular complexity index is 445. The topological polar surface area (TPSA) is 121 Å². The number of hydrogen-bond donors (Lipinski definition) is 3. The molecule has 7 nitrogen and oxygen atoms in total. The highest BCUT2D eigenvalue weighted by atomic mass is 16.6. The molecule has 0 radical (unpaired) electrons. The molecule has 7 heteroatoms. The molecule has 3 N–H and O–H groups in total. The number of hydrogen-bond acceptors (Lipinski definition) is 5. The Hall–Kier alpha value is -1.99. The molecule has 104 valence electrons. The second kappa shape index (κ2) is 6.26. The van der Waals surface area contributed by atoms with E-state index in [-0.39, 0.29) is 6.42 Å². The minimum Gasteiger partial charge on any atom is -0.481 e. The third-order valence-corrected chi connectivity index (χ3v) is 2.63. The van der Waals surface area contributed by atoms with Gasteiger partial charge in [0.05, 0.1) is 5.92 Å². The molecule has 1 aromatic rings. The average Bonchev–Trinajstić information content (AvgIpc) is 2.27. The van der Waals surface area contributed by atoms with Crippen molar-refractivity contribution in [1.29, 1.82) is 0 Å². The molecule has 0 spiro atoms. The van der Waals surface area contributed by atoms with E-state index >= 15 is 0 Å². The maximum absolute atomic E-state index is 11.1. The molecule has 0 unspecified atom stereocenters. The highest BCUT2D eigenvalue weighted by Gasteiger charge is 2.36. The van der Waals surface area contributed by atoms with Crippen molar-refractivity contribution >= 4 is 5.97 Å². The number of aliphatic hydroxyl groups is 2. The van der Waals surface area contributed by atoms with E-state index in [2.05, 4.69) is 0 Å². The lowest BCUT2D eigenvalue weighted by atomic mass is 9.92. The fraction of sp³-hybridized carbons (Fsp3) is 0.417. The normalized spacial score (nSPS) is 12.9. The van der Waals surface area contributed by atoms with Crippen LogP contribution < -0.4 is 0 Å². The van der Waals surface area contributed by atoms with E-state index in [9.17, 15) is 25.1 Å². The van der Waals surface area contributed by atoms with Crippen molar-refractivity contribution in [3.8, 4) is 0 Å². The largest absolute Gasteiger partial charge is 0.481 e. The number of carboxylic acids is 1. The molecule has 19 heavy (non-hydrogen) atoms. The Balaban J connectivity index is 2.73. The van der Waals surface area contributed by atoms with Crippen LogP contribution in [0.25, 0.3) is 0 Å². The summed E-state index contributed by atoms with van der Waals surface area (Å²) in [4.78, 5) is 20.5. The van der Waals surface area contributed by atoms with Crippen LogP contribution in [-0.2, 0) is 11.2 Å². The molecule has 0 aromatic heterocycles. The van der Waals surface area contributed by atoms with E-state index in [1.807, 2.05) is 0 Å². The molecule has 1 rings (SSSR count). The van der Waals surface area contributed by atoms with Gasteiger partial charge in [0.15, 0.2) is 0 Å². The Kier molecular flexibility index (Phi) is 4.96. The number of rotatable bonds is 7. The predicted molar refractivity (Wildman–Crippen MR) is 64.9 cm³/mol. The van der Waals surface area contributed by atoms with Gasteiger partial charge in [0.25, 0.3) is 6.54 Å². The summed E-state index contributed by atoms with van der Waals surface area (Å²) in [5.41, 5.74) is 0.715. The smallest absolute Gasteiger partial charge is 0.307 e.